The van der Waals surface area contributed by atoms with Gasteiger partial charge in [0.15, 0.2) is 10.8 Å². The van der Waals surface area contributed by atoms with Crippen LogP contribution >= 0.6 is 11.3 Å². The second-order valence-corrected chi connectivity index (χ2v) is 5.60. The number of hydrogen-bond acceptors (Lipinski definition) is 6. The van der Waals surface area contributed by atoms with E-state index in [0.717, 1.165) is 16.7 Å². The molecule has 2 aromatic heterocycles. The molecule has 1 fully saturated rings. The van der Waals surface area contributed by atoms with Gasteiger partial charge >= 0.3 is 6.18 Å². The third kappa shape index (κ3) is 3.06. The second-order valence-electron chi connectivity index (χ2n) is 4.77. The molecule has 118 valence electrons. The summed E-state index contributed by atoms with van der Waals surface area (Å²) in [6, 6.07) is 3.02. The van der Waals surface area contributed by atoms with E-state index in [1.807, 2.05) is 9.80 Å². The highest BCUT2D eigenvalue weighted by atomic mass is 32.1. The molecule has 6 nitrogen and oxygen atoms in total. The second kappa shape index (κ2) is 5.59. The lowest BCUT2D eigenvalue weighted by molar-refractivity contribution is -0.140. The standard InChI is InChI=1S/C12H12F3N5OS/c13-12(14,15)8-7-22-11(16-8)20-5-3-19(4-6-20)9-1-2-10(21)18-17-9/h1-2,7H,3-6H2,(H,18,21). The lowest BCUT2D eigenvalue weighted by Gasteiger charge is -2.34. The molecule has 0 spiro atoms. The summed E-state index contributed by atoms with van der Waals surface area (Å²) in [5.41, 5.74) is -1.12. The number of rotatable bonds is 2. The molecule has 1 saturated heterocycles. The highest BCUT2D eigenvalue weighted by Crippen LogP contribution is 2.33. The van der Waals surface area contributed by atoms with Gasteiger partial charge in [-0.15, -0.1) is 11.3 Å². The van der Waals surface area contributed by atoms with Gasteiger partial charge in [0.1, 0.15) is 5.82 Å². The number of thiazole rings is 1. The summed E-state index contributed by atoms with van der Waals surface area (Å²) in [5.74, 6) is 0.648. The largest absolute Gasteiger partial charge is 0.434 e. The molecule has 3 heterocycles. The van der Waals surface area contributed by atoms with E-state index in [9.17, 15) is 18.0 Å². The Morgan fingerprint density at radius 2 is 1.82 bits per heavy atom. The fourth-order valence-corrected chi connectivity index (χ4v) is 3.07. The van der Waals surface area contributed by atoms with E-state index in [4.69, 9.17) is 0 Å². The van der Waals surface area contributed by atoms with Gasteiger partial charge in [-0.1, -0.05) is 0 Å². The molecule has 0 aromatic carbocycles. The summed E-state index contributed by atoms with van der Waals surface area (Å²) in [5, 5.41) is 7.72. The van der Waals surface area contributed by atoms with Gasteiger partial charge in [-0.25, -0.2) is 10.1 Å². The van der Waals surface area contributed by atoms with Gasteiger partial charge in [0.25, 0.3) is 5.56 Å². The highest BCUT2D eigenvalue weighted by Gasteiger charge is 2.34. The van der Waals surface area contributed by atoms with E-state index >= 15 is 0 Å². The molecule has 0 unspecified atom stereocenters. The van der Waals surface area contributed by atoms with Crippen LogP contribution in [0.4, 0.5) is 24.1 Å². The van der Waals surface area contributed by atoms with Gasteiger partial charge in [-0.3, -0.25) is 4.79 Å². The molecule has 0 aliphatic carbocycles. The summed E-state index contributed by atoms with van der Waals surface area (Å²) in [6.07, 6.45) is -4.41. The van der Waals surface area contributed by atoms with Crippen molar-refractivity contribution >= 4 is 22.3 Å². The molecule has 0 bridgehead atoms. The Morgan fingerprint density at radius 1 is 1.14 bits per heavy atom. The van der Waals surface area contributed by atoms with Crippen LogP contribution in [-0.2, 0) is 6.18 Å². The minimum atomic E-state index is -4.41. The molecular formula is C12H12F3N5OS. The van der Waals surface area contributed by atoms with E-state index in [1.165, 1.54) is 6.07 Å². The van der Waals surface area contributed by atoms with Crippen molar-refractivity contribution in [2.75, 3.05) is 36.0 Å². The van der Waals surface area contributed by atoms with Crippen molar-refractivity contribution in [1.82, 2.24) is 15.2 Å². The van der Waals surface area contributed by atoms with Crippen molar-refractivity contribution < 1.29 is 13.2 Å². The van der Waals surface area contributed by atoms with Crippen LogP contribution in [0.25, 0.3) is 0 Å². The smallest absolute Gasteiger partial charge is 0.352 e. The summed E-state index contributed by atoms with van der Waals surface area (Å²) < 4.78 is 37.7. The SMILES string of the molecule is O=c1ccc(N2CCN(c3nc(C(F)(F)F)cs3)CC2)n[nH]1. The van der Waals surface area contributed by atoms with Crippen LogP contribution in [0.15, 0.2) is 22.3 Å². The molecule has 2 aromatic rings. The lowest BCUT2D eigenvalue weighted by atomic mass is 10.3. The Balaban J connectivity index is 1.65. The number of aromatic amines is 1. The predicted molar refractivity (Wildman–Crippen MR) is 76.4 cm³/mol. The summed E-state index contributed by atoms with van der Waals surface area (Å²) in [7, 11) is 0. The van der Waals surface area contributed by atoms with E-state index < -0.39 is 11.9 Å². The third-order valence-corrected chi connectivity index (χ3v) is 4.22. The first-order chi connectivity index (χ1) is 10.4. The lowest BCUT2D eigenvalue weighted by Crippen LogP contribution is -2.47. The van der Waals surface area contributed by atoms with E-state index in [2.05, 4.69) is 15.2 Å². The number of H-pyrrole nitrogens is 1. The van der Waals surface area contributed by atoms with E-state index in [1.54, 1.807) is 6.07 Å². The van der Waals surface area contributed by atoms with Crippen molar-refractivity contribution in [2.45, 2.75) is 6.18 Å². The summed E-state index contributed by atoms with van der Waals surface area (Å²) >= 11 is 0.995. The number of hydrogen-bond donors (Lipinski definition) is 1. The van der Waals surface area contributed by atoms with Gasteiger partial charge in [0, 0.05) is 37.6 Å². The molecule has 1 N–H and O–H groups in total. The fourth-order valence-electron chi connectivity index (χ4n) is 2.18. The van der Waals surface area contributed by atoms with Gasteiger partial charge < -0.3 is 9.80 Å². The summed E-state index contributed by atoms with van der Waals surface area (Å²) in [4.78, 5) is 18.4. The minimum Gasteiger partial charge on any atom is -0.352 e. The quantitative estimate of drug-likeness (QED) is 0.905. The van der Waals surface area contributed by atoms with Crippen LogP contribution < -0.4 is 15.4 Å². The first-order valence-electron chi connectivity index (χ1n) is 6.52. The minimum absolute atomic E-state index is 0.273. The van der Waals surface area contributed by atoms with Gasteiger partial charge in [-0.05, 0) is 6.07 Å². The Bertz CT molecular complexity index is 685. The van der Waals surface area contributed by atoms with Gasteiger partial charge in [0.05, 0.1) is 0 Å². The highest BCUT2D eigenvalue weighted by molar-refractivity contribution is 7.13. The number of aromatic nitrogens is 3. The Morgan fingerprint density at radius 3 is 2.36 bits per heavy atom. The van der Waals surface area contributed by atoms with Crippen molar-refractivity contribution in [3.8, 4) is 0 Å². The van der Waals surface area contributed by atoms with Gasteiger partial charge in [0.2, 0.25) is 0 Å². The molecule has 1 aliphatic heterocycles. The average molecular weight is 331 g/mol. The van der Waals surface area contributed by atoms with E-state index in [-0.39, 0.29) is 5.56 Å². The van der Waals surface area contributed by atoms with Crippen LogP contribution in [0.5, 0.6) is 0 Å². The molecule has 0 radical (unpaired) electrons. The molecule has 22 heavy (non-hydrogen) atoms. The van der Waals surface area contributed by atoms with Crippen LogP contribution in [-0.4, -0.2) is 41.4 Å². The maximum atomic E-state index is 12.6. The van der Waals surface area contributed by atoms with Gasteiger partial charge in [-0.2, -0.15) is 18.3 Å². The molecular weight excluding hydrogens is 319 g/mol. The summed E-state index contributed by atoms with van der Waals surface area (Å²) in [6.45, 7) is 2.29. The number of halogens is 3. The topological polar surface area (TPSA) is 65.1 Å². The number of anilines is 2. The molecule has 0 saturated carbocycles. The van der Waals surface area contributed by atoms with Crippen molar-refractivity contribution in [1.29, 1.82) is 0 Å². The first-order valence-corrected chi connectivity index (χ1v) is 7.40. The molecule has 10 heteroatoms. The van der Waals surface area contributed by atoms with Crippen LogP contribution in [0.2, 0.25) is 0 Å². The average Bonchev–Trinajstić information content (AvgIpc) is 2.98. The van der Waals surface area contributed by atoms with Crippen molar-refractivity contribution in [2.24, 2.45) is 0 Å². The number of alkyl halides is 3. The Hall–Kier alpha value is -2.10. The zero-order valence-corrected chi connectivity index (χ0v) is 12.1. The molecule has 1 aliphatic rings. The Labute approximate surface area is 127 Å². The monoisotopic (exact) mass is 331 g/mol. The van der Waals surface area contributed by atoms with Crippen LogP contribution in [0.3, 0.4) is 0 Å². The zero-order valence-electron chi connectivity index (χ0n) is 11.3. The van der Waals surface area contributed by atoms with Crippen LogP contribution in [0.1, 0.15) is 5.69 Å². The molecule has 0 atom stereocenters. The third-order valence-electron chi connectivity index (χ3n) is 3.32. The number of nitrogens with zero attached hydrogens (tertiary/aromatic N) is 4. The number of nitrogens with one attached hydrogen (secondary N) is 1. The molecule has 0 amide bonds. The number of piperazine rings is 1. The van der Waals surface area contributed by atoms with Crippen LogP contribution in [0, 0.1) is 0 Å². The maximum absolute atomic E-state index is 12.6. The van der Waals surface area contributed by atoms with Crippen molar-refractivity contribution in [3.05, 3.63) is 33.6 Å². The Kier molecular flexibility index (Phi) is 3.77. The van der Waals surface area contributed by atoms with Crippen molar-refractivity contribution in [3.63, 3.8) is 0 Å². The predicted octanol–water partition coefficient (Wildman–Crippen LogP) is 1.57. The maximum Gasteiger partial charge on any atom is 0.434 e. The zero-order chi connectivity index (χ0) is 15.7. The van der Waals surface area contributed by atoms with E-state index in [0.29, 0.717) is 37.1 Å². The fraction of sp³-hybridized carbons (Fsp3) is 0.417. The molecule has 3 rings (SSSR count). The first kappa shape index (κ1) is 14.8. The normalized spacial score (nSPS) is 16.1.